The number of benzene rings is 2. The highest BCUT2D eigenvalue weighted by Gasteiger charge is 2.31. The molecule has 6 rings (SSSR count). The van der Waals surface area contributed by atoms with Gasteiger partial charge in [-0.15, -0.1) is 5.10 Å². The van der Waals surface area contributed by atoms with Gasteiger partial charge in [0.1, 0.15) is 11.5 Å². The number of hydrogen-bond donors (Lipinski definition) is 2. The number of nitrogens with one attached hydrogen (secondary N) is 2. The molecule has 2 aromatic carbocycles. The van der Waals surface area contributed by atoms with Crippen molar-refractivity contribution >= 4 is 34.7 Å². The lowest BCUT2D eigenvalue weighted by molar-refractivity contribution is -0.137. The molecular weight excluding hydrogens is 605 g/mol. The molecule has 1 amide bonds. The van der Waals surface area contributed by atoms with Gasteiger partial charge in [0.2, 0.25) is 0 Å². The third-order valence-electron chi connectivity index (χ3n) is 8.17. The van der Waals surface area contributed by atoms with Gasteiger partial charge in [0, 0.05) is 34.9 Å². The molecule has 4 heterocycles. The zero-order valence-corrected chi connectivity index (χ0v) is 25.4. The molecule has 234 valence electrons. The fourth-order valence-electron chi connectivity index (χ4n) is 5.71. The van der Waals surface area contributed by atoms with Crippen LogP contribution in [-0.2, 0) is 10.9 Å². The Morgan fingerprint density at radius 3 is 2.56 bits per heavy atom. The fourth-order valence-corrected chi connectivity index (χ4v) is 5.95. The lowest BCUT2D eigenvalue weighted by atomic mass is 10.0. The van der Waals surface area contributed by atoms with Crippen molar-refractivity contribution in [1.82, 2.24) is 19.9 Å². The lowest BCUT2D eigenvalue weighted by Crippen LogP contribution is -2.41. The standard InChI is InChI=1S/C33H32ClF3N6O2/c1-21-22(3-2-4-29(21)32(44)40-25-18-23(33(35,36)37)17-24(34)19-25)5-6-26-20-39-30-7-8-31(41-43(26)30)42-15-11-28(12-16-42)45-27-9-13-38-14-10-27/h2-4,7-8,17-20,27-28,38H,9-16H2,1H3,(H,40,44). The Balaban J connectivity index is 1.16. The SMILES string of the molecule is Cc1c(C#Cc2cnc3ccc(N4CCC(OC5CCNCC5)CC4)nn23)cccc1C(=O)Nc1cc(Cl)cc(C(F)(F)F)c1. The molecule has 2 N–H and O–H groups in total. The van der Waals surface area contributed by atoms with Crippen LogP contribution in [-0.4, -0.2) is 58.9 Å². The number of carbonyl (C=O) groups excluding carboxylic acids is 1. The summed E-state index contributed by atoms with van der Waals surface area (Å²) in [7, 11) is 0. The number of nitrogens with zero attached hydrogens (tertiary/aromatic N) is 4. The van der Waals surface area contributed by atoms with Gasteiger partial charge in [-0.1, -0.05) is 23.6 Å². The molecule has 2 saturated heterocycles. The van der Waals surface area contributed by atoms with Crippen LogP contribution in [0, 0.1) is 18.8 Å². The molecule has 0 radical (unpaired) electrons. The molecule has 0 unspecified atom stereocenters. The molecule has 45 heavy (non-hydrogen) atoms. The molecule has 0 bridgehead atoms. The molecule has 2 aromatic heterocycles. The largest absolute Gasteiger partial charge is 0.416 e. The highest BCUT2D eigenvalue weighted by molar-refractivity contribution is 6.31. The number of rotatable bonds is 5. The quantitative estimate of drug-likeness (QED) is 0.258. The van der Waals surface area contributed by atoms with Crippen molar-refractivity contribution in [3.63, 3.8) is 0 Å². The number of piperidine rings is 2. The number of alkyl halides is 3. The maximum atomic E-state index is 13.2. The van der Waals surface area contributed by atoms with Crippen molar-refractivity contribution in [3.05, 3.63) is 87.7 Å². The van der Waals surface area contributed by atoms with Crippen LogP contribution in [0.5, 0.6) is 0 Å². The zero-order chi connectivity index (χ0) is 31.6. The first-order chi connectivity index (χ1) is 21.6. The molecule has 4 aromatic rings. The second-order valence-corrected chi connectivity index (χ2v) is 11.7. The minimum absolute atomic E-state index is 0.0538. The van der Waals surface area contributed by atoms with Gasteiger partial charge in [0.15, 0.2) is 5.65 Å². The molecule has 2 aliphatic rings. The second-order valence-electron chi connectivity index (χ2n) is 11.3. The number of anilines is 2. The maximum Gasteiger partial charge on any atom is 0.416 e. The van der Waals surface area contributed by atoms with Crippen LogP contribution in [0.1, 0.15) is 58.4 Å². The number of amides is 1. The fraction of sp³-hybridized carbons (Fsp3) is 0.364. The van der Waals surface area contributed by atoms with Gasteiger partial charge in [0.05, 0.1) is 24.0 Å². The predicted octanol–water partition coefficient (Wildman–Crippen LogP) is 6.10. The lowest BCUT2D eigenvalue weighted by Gasteiger charge is -2.35. The van der Waals surface area contributed by atoms with Crippen molar-refractivity contribution in [2.75, 3.05) is 36.4 Å². The van der Waals surface area contributed by atoms with Gasteiger partial charge in [0.25, 0.3) is 5.91 Å². The summed E-state index contributed by atoms with van der Waals surface area (Å²) in [5.41, 5.74) is 1.70. The van der Waals surface area contributed by atoms with E-state index in [1.807, 2.05) is 12.1 Å². The summed E-state index contributed by atoms with van der Waals surface area (Å²) in [5.74, 6) is 6.51. The van der Waals surface area contributed by atoms with Gasteiger partial charge >= 0.3 is 6.18 Å². The first kappa shape index (κ1) is 30.9. The zero-order valence-electron chi connectivity index (χ0n) is 24.6. The molecule has 12 heteroatoms. The average molecular weight is 637 g/mol. The summed E-state index contributed by atoms with van der Waals surface area (Å²) < 4.78 is 47.7. The van der Waals surface area contributed by atoms with Crippen molar-refractivity contribution in [2.24, 2.45) is 0 Å². The summed E-state index contributed by atoms with van der Waals surface area (Å²) in [6, 6.07) is 11.9. The number of carbonyl (C=O) groups is 1. The van der Waals surface area contributed by atoms with Gasteiger partial charge < -0.3 is 20.3 Å². The normalized spacial score (nSPS) is 16.4. The van der Waals surface area contributed by atoms with Gasteiger partial charge in [-0.25, -0.2) is 9.50 Å². The third-order valence-corrected chi connectivity index (χ3v) is 8.39. The van der Waals surface area contributed by atoms with Crippen LogP contribution in [0.3, 0.4) is 0 Å². The summed E-state index contributed by atoms with van der Waals surface area (Å²) in [5, 5.41) is 10.6. The first-order valence-corrected chi connectivity index (χ1v) is 15.3. The van der Waals surface area contributed by atoms with E-state index in [0.717, 1.165) is 69.8 Å². The number of aromatic nitrogens is 3. The Morgan fingerprint density at radius 1 is 1.04 bits per heavy atom. The van der Waals surface area contributed by atoms with Crippen LogP contribution in [0.25, 0.3) is 5.65 Å². The van der Waals surface area contributed by atoms with Crippen LogP contribution < -0.4 is 15.5 Å². The Bertz CT molecular complexity index is 1770. The van der Waals surface area contributed by atoms with E-state index in [1.54, 1.807) is 35.8 Å². The summed E-state index contributed by atoms with van der Waals surface area (Å²) in [6.07, 6.45) is 1.70. The van der Waals surface area contributed by atoms with E-state index in [9.17, 15) is 18.0 Å². The number of ether oxygens (including phenoxy) is 1. The molecule has 0 atom stereocenters. The van der Waals surface area contributed by atoms with E-state index in [4.69, 9.17) is 21.4 Å². The molecule has 0 saturated carbocycles. The van der Waals surface area contributed by atoms with Crippen molar-refractivity contribution in [2.45, 2.75) is 51.0 Å². The Hall–Kier alpha value is -4.11. The van der Waals surface area contributed by atoms with Crippen molar-refractivity contribution < 1.29 is 22.7 Å². The number of hydrogen-bond acceptors (Lipinski definition) is 6. The summed E-state index contributed by atoms with van der Waals surface area (Å²) >= 11 is 5.87. The molecular formula is C33H32ClF3N6O2. The summed E-state index contributed by atoms with van der Waals surface area (Å²) in [4.78, 5) is 19.7. The van der Waals surface area contributed by atoms with E-state index in [0.29, 0.717) is 28.6 Å². The van der Waals surface area contributed by atoms with Crippen LogP contribution in [0.2, 0.25) is 5.02 Å². The highest BCUT2D eigenvalue weighted by Crippen LogP contribution is 2.33. The first-order valence-electron chi connectivity index (χ1n) is 14.9. The smallest absolute Gasteiger partial charge is 0.375 e. The molecule has 0 spiro atoms. The highest BCUT2D eigenvalue weighted by atomic mass is 35.5. The van der Waals surface area contributed by atoms with Crippen molar-refractivity contribution in [1.29, 1.82) is 0 Å². The Labute approximate surface area is 263 Å². The number of imidazole rings is 1. The van der Waals surface area contributed by atoms with Crippen LogP contribution in [0.15, 0.2) is 54.7 Å². The molecule has 0 aliphatic carbocycles. The van der Waals surface area contributed by atoms with Gasteiger partial charge in [-0.3, -0.25) is 4.79 Å². The van der Waals surface area contributed by atoms with Crippen molar-refractivity contribution in [3.8, 4) is 11.8 Å². The Kier molecular flexibility index (Phi) is 8.99. The topological polar surface area (TPSA) is 83.8 Å². The van der Waals surface area contributed by atoms with Gasteiger partial charge in [-0.05, 0) is 99.6 Å². The van der Waals surface area contributed by atoms with E-state index >= 15 is 0 Å². The molecule has 2 aliphatic heterocycles. The predicted molar refractivity (Wildman–Crippen MR) is 167 cm³/mol. The molecule has 2 fully saturated rings. The monoisotopic (exact) mass is 636 g/mol. The van der Waals surface area contributed by atoms with E-state index in [-0.39, 0.29) is 22.4 Å². The average Bonchev–Trinajstić information content (AvgIpc) is 3.43. The Morgan fingerprint density at radius 2 is 1.80 bits per heavy atom. The molecule has 8 nitrogen and oxygen atoms in total. The van der Waals surface area contributed by atoms with Crippen LogP contribution in [0.4, 0.5) is 24.7 Å². The van der Waals surface area contributed by atoms with E-state index in [2.05, 4.69) is 32.4 Å². The van der Waals surface area contributed by atoms with Gasteiger partial charge in [-0.2, -0.15) is 13.2 Å². The summed E-state index contributed by atoms with van der Waals surface area (Å²) in [6.45, 7) is 5.47. The minimum Gasteiger partial charge on any atom is -0.375 e. The number of fused-ring (bicyclic) bond motifs is 1. The van der Waals surface area contributed by atoms with E-state index in [1.165, 1.54) is 6.07 Å². The van der Waals surface area contributed by atoms with Crippen LogP contribution >= 0.6 is 11.6 Å². The van der Waals surface area contributed by atoms with E-state index < -0.39 is 17.6 Å². The third kappa shape index (κ3) is 7.25. The maximum absolute atomic E-state index is 13.2. The minimum atomic E-state index is -4.60. The second kappa shape index (κ2) is 13.1. The number of halogens is 4.